The predicted octanol–water partition coefficient (Wildman–Crippen LogP) is 4.71. The molecule has 77 heavy (non-hydrogen) atoms. The minimum atomic E-state index is -1.22. The number of ether oxygens (including phenoxy) is 11. The van der Waals surface area contributed by atoms with Crippen LogP contribution in [0.2, 0.25) is 0 Å². The van der Waals surface area contributed by atoms with Gasteiger partial charge in [0.15, 0.2) is 30.3 Å². The monoisotopic (exact) mass is 1080 g/mol. The van der Waals surface area contributed by atoms with E-state index in [1.807, 2.05) is 52.0 Å². The van der Waals surface area contributed by atoms with E-state index in [2.05, 4.69) is 15.2 Å². The number of oxime groups is 1. The highest BCUT2D eigenvalue weighted by Gasteiger charge is 2.52. The Bertz CT molecular complexity index is 2300. The third-order valence-electron chi connectivity index (χ3n) is 14.6. The van der Waals surface area contributed by atoms with Crippen LogP contribution in [0, 0.1) is 23.7 Å². The van der Waals surface area contributed by atoms with E-state index in [9.17, 15) is 24.3 Å². The van der Waals surface area contributed by atoms with Gasteiger partial charge in [-0.2, -0.15) is 5.10 Å². The number of fused-ring (bicyclic) bond motifs is 3. The van der Waals surface area contributed by atoms with Gasteiger partial charge in [0.05, 0.1) is 56.7 Å². The van der Waals surface area contributed by atoms with Crippen molar-refractivity contribution in [1.29, 1.82) is 0 Å². The molecule has 0 spiro atoms. The molecular weight excluding hydrogens is 1000 g/mol. The Morgan fingerprint density at radius 2 is 1.65 bits per heavy atom. The average Bonchev–Trinajstić information content (AvgIpc) is 3.93. The number of rotatable bonds is 15. The number of aliphatic hydroxyl groups excluding tert-OH is 1. The normalized spacial score (nSPS) is 34.7. The quantitative estimate of drug-likeness (QED) is 0.144. The van der Waals surface area contributed by atoms with Crippen molar-refractivity contribution in [2.75, 3.05) is 54.7 Å². The number of nitrogens with zero attached hydrogens (tertiary/aromatic N) is 5. The molecule has 3 saturated heterocycles. The topological polar surface area (TPSA) is 246 Å². The van der Waals surface area contributed by atoms with Crippen molar-refractivity contribution in [3.05, 3.63) is 66.2 Å². The summed E-state index contributed by atoms with van der Waals surface area (Å²) < 4.78 is 70.4. The van der Waals surface area contributed by atoms with Crippen molar-refractivity contribution < 1.29 is 81.2 Å². The first-order chi connectivity index (χ1) is 36.8. The summed E-state index contributed by atoms with van der Waals surface area (Å²) in [4.78, 5) is 66.4. The first-order valence-corrected chi connectivity index (χ1v) is 26.6. The summed E-state index contributed by atoms with van der Waals surface area (Å²) >= 11 is 0. The maximum absolute atomic E-state index is 14.7. The van der Waals surface area contributed by atoms with Crippen molar-refractivity contribution in [2.45, 2.75) is 167 Å². The molecule has 1 N–H and O–H groups in total. The van der Waals surface area contributed by atoms with E-state index in [0.29, 0.717) is 30.8 Å². The summed E-state index contributed by atoms with van der Waals surface area (Å²) in [7, 11) is 6.53. The van der Waals surface area contributed by atoms with E-state index in [1.165, 1.54) is 28.1 Å². The summed E-state index contributed by atoms with van der Waals surface area (Å²) in [5, 5.41) is 19.5. The summed E-state index contributed by atoms with van der Waals surface area (Å²) in [5.74, 6) is -3.42. The van der Waals surface area contributed by atoms with Crippen molar-refractivity contribution >= 4 is 29.4 Å². The smallest absolute Gasteiger partial charge is 0.308 e. The largest absolute Gasteiger partial charge is 0.462 e. The predicted molar refractivity (Wildman–Crippen MR) is 277 cm³/mol. The Morgan fingerprint density at radius 1 is 0.922 bits per heavy atom. The lowest BCUT2D eigenvalue weighted by Gasteiger charge is -2.48. The number of allylic oxidation sites excluding steroid dienone is 3. The third kappa shape index (κ3) is 16.8. The molecule has 3 fully saturated rings. The zero-order valence-corrected chi connectivity index (χ0v) is 46.6. The molecule has 22 nitrogen and oxygen atoms in total. The van der Waals surface area contributed by atoms with Crippen LogP contribution in [0.4, 0.5) is 0 Å². The number of methoxy groups -OCH3 is 2. The Kier molecular flexibility index (Phi) is 23.3. The standard InChI is InChI=1S/C55H81N5O17/c1-13-43-40(28-70-54-53(67-12)52(66-11)48(65)34(5)72-54)23-31(2)15-17-42(63)32(3)24-39-19-22-68-29-41(58-71-27-38-16-18-45(56-26-38)60-21-14-20-57-60)30-69-44(25-46(64)76-43)33(4)49(39)77-55-51(75-37(8)62)47(59(9)10)50(35(6)73-55)74-36(7)61/h14-18,20-21,23,26,32-35,39-40,43-44,47-55,65H,13,19,22,24-25,27-30H2,1-12H3/t32-,33+,34-,35-,39+,40-,43-,44-,47+,48-,49-,50-,51-,52-,53-,54?,55?/m1/s1. The molecule has 0 amide bonds. The molecule has 0 radical (unpaired) electrons. The molecule has 4 aliphatic rings. The van der Waals surface area contributed by atoms with Gasteiger partial charge in [-0.1, -0.05) is 49.7 Å². The van der Waals surface area contributed by atoms with Crippen LogP contribution in [0.3, 0.4) is 0 Å². The van der Waals surface area contributed by atoms with E-state index in [1.54, 1.807) is 68.3 Å². The fourth-order valence-electron chi connectivity index (χ4n) is 10.5. The zero-order chi connectivity index (χ0) is 55.9. The van der Waals surface area contributed by atoms with Crippen LogP contribution in [0.5, 0.6) is 0 Å². The number of aliphatic hydroxyl groups is 1. The number of likely N-dealkylation sites (N-methyl/N-ethyl adjacent to an activating group) is 1. The second-order valence-corrected chi connectivity index (χ2v) is 20.7. The Hall–Kier alpha value is -5.01. The molecule has 2 bridgehead atoms. The highest BCUT2D eigenvalue weighted by molar-refractivity contribution is 5.91. The molecule has 428 valence electrons. The van der Waals surface area contributed by atoms with Crippen LogP contribution in [-0.4, -0.2) is 189 Å². The summed E-state index contributed by atoms with van der Waals surface area (Å²) in [6.45, 7) is 13.7. The maximum Gasteiger partial charge on any atom is 0.308 e. The average molecular weight is 1080 g/mol. The number of esters is 3. The Balaban J connectivity index is 1.37. The number of pyridine rings is 1. The summed E-state index contributed by atoms with van der Waals surface area (Å²) in [5.41, 5.74) is 1.87. The number of ketones is 1. The van der Waals surface area contributed by atoms with Crippen LogP contribution >= 0.6 is 0 Å². The van der Waals surface area contributed by atoms with Crippen LogP contribution in [-0.2, 0) is 82.7 Å². The minimum absolute atomic E-state index is 0.00104. The van der Waals surface area contributed by atoms with Crippen LogP contribution < -0.4 is 0 Å². The number of carbonyl (C=O) groups excluding carboxylic acids is 4. The second kappa shape index (κ2) is 29.3. The molecule has 2 aromatic heterocycles. The van der Waals surface area contributed by atoms with Crippen molar-refractivity contribution in [2.24, 2.45) is 28.8 Å². The molecule has 6 rings (SSSR count). The van der Waals surface area contributed by atoms with Gasteiger partial charge in [0.2, 0.25) is 0 Å². The molecule has 2 unspecified atom stereocenters. The van der Waals surface area contributed by atoms with E-state index in [-0.39, 0.29) is 45.2 Å². The number of aromatic nitrogens is 3. The SMILES string of the molecule is CC[C@H]1OC(=O)C[C@H]2OCC(=NOCc3ccc(-n4cccn4)nc3)COCC[C@@H](C[C@@H](C)C(=O)C=CC(C)=C[C@@H]1COC1O[C@H](C)[C@@H](O)[C@@H](OC)[C@H]1OC)[C@H](OC1O[C@H](C)[C@@H](OC(C)=O)[C@H](N(C)C)[C@H]1OC(C)=O)[C@H]2C. The molecule has 0 saturated carbocycles. The lowest BCUT2D eigenvalue weighted by Crippen LogP contribution is -2.65. The Morgan fingerprint density at radius 3 is 2.30 bits per heavy atom. The fourth-order valence-corrected chi connectivity index (χ4v) is 10.5. The maximum atomic E-state index is 14.7. The molecule has 22 heteroatoms. The van der Waals surface area contributed by atoms with Crippen LogP contribution in [0.15, 0.2) is 65.7 Å². The van der Waals surface area contributed by atoms with E-state index in [0.717, 1.165) is 11.1 Å². The number of hydrogen-bond donors (Lipinski definition) is 1. The molecule has 17 atom stereocenters. The number of hydrogen-bond acceptors (Lipinski definition) is 21. The van der Waals surface area contributed by atoms with Crippen LogP contribution in [0.25, 0.3) is 5.82 Å². The van der Waals surface area contributed by atoms with Gasteiger partial charge in [-0.3, -0.25) is 24.1 Å². The zero-order valence-electron chi connectivity index (χ0n) is 46.6. The van der Waals surface area contributed by atoms with E-state index >= 15 is 0 Å². The highest BCUT2D eigenvalue weighted by Crippen LogP contribution is 2.37. The van der Waals surface area contributed by atoms with Gasteiger partial charge < -0.3 is 62.0 Å². The number of carbonyl (C=O) groups is 4. The lowest BCUT2D eigenvalue weighted by molar-refractivity contribution is -0.308. The lowest BCUT2D eigenvalue weighted by atomic mass is 9.79. The van der Waals surface area contributed by atoms with E-state index in [4.69, 9.17) is 56.9 Å². The molecule has 2 aromatic rings. The van der Waals surface area contributed by atoms with Gasteiger partial charge in [-0.15, -0.1) is 0 Å². The van der Waals surface area contributed by atoms with Crippen LogP contribution in [0.1, 0.15) is 86.6 Å². The van der Waals surface area contributed by atoms with Crippen molar-refractivity contribution in [1.82, 2.24) is 19.7 Å². The third-order valence-corrected chi connectivity index (χ3v) is 14.6. The number of cyclic esters (lactones) is 1. The van der Waals surface area contributed by atoms with Crippen molar-refractivity contribution in [3.63, 3.8) is 0 Å². The van der Waals surface area contributed by atoms with Gasteiger partial charge in [0.1, 0.15) is 42.8 Å². The molecular formula is C55H81N5O17. The van der Waals surface area contributed by atoms with Gasteiger partial charge in [-0.05, 0) is 78.3 Å². The van der Waals surface area contributed by atoms with Gasteiger partial charge >= 0.3 is 17.9 Å². The molecule has 0 aromatic carbocycles. The Labute approximate surface area is 451 Å². The first kappa shape index (κ1) is 61.2. The summed E-state index contributed by atoms with van der Waals surface area (Å²) in [6.07, 6.45) is 0.626. The fraction of sp³-hybridized carbons (Fsp3) is 0.691. The van der Waals surface area contributed by atoms with Gasteiger partial charge in [0.25, 0.3) is 0 Å². The second-order valence-electron chi connectivity index (χ2n) is 20.7. The molecule has 6 heterocycles. The first-order valence-electron chi connectivity index (χ1n) is 26.6. The molecule has 0 aliphatic carbocycles. The highest BCUT2D eigenvalue weighted by atomic mass is 16.7. The van der Waals surface area contributed by atoms with Crippen molar-refractivity contribution in [3.8, 4) is 5.82 Å². The van der Waals surface area contributed by atoms with E-state index < -0.39 is 121 Å². The van der Waals surface area contributed by atoms with Gasteiger partial charge in [0, 0.05) is 76.6 Å². The minimum Gasteiger partial charge on any atom is -0.462 e. The summed E-state index contributed by atoms with van der Waals surface area (Å²) in [6, 6.07) is 4.78. The van der Waals surface area contributed by atoms with Gasteiger partial charge in [-0.25, -0.2) is 9.67 Å². The molecule has 4 aliphatic heterocycles.